The average molecular weight is 444 g/mol. The van der Waals surface area contributed by atoms with E-state index in [-0.39, 0.29) is 11.9 Å². The Morgan fingerprint density at radius 2 is 1.33 bits per heavy atom. The maximum Gasteiger partial charge on any atom is 0.321 e. The lowest BCUT2D eigenvalue weighted by Gasteiger charge is -2.20. The third-order valence-corrected chi connectivity index (χ3v) is 5.65. The summed E-state index contributed by atoms with van der Waals surface area (Å²) in [6.07, 6.45) is 4.47. The molecule has 1 fully saturated rings. The summed E-state index contributed by atoms with van der Waals surface area (Å²) in [5.41, 5.74) is 3.00. The number of rotatable bonds is 6. The second-order valence-electron chi connectivity index (χ2n) is 8.16. The van der Waals surface area contributed by atoms with Crippen LogP contribution in [-0.4, -0.2) is 29.9 Å². The Kier molecular flexibility index (Phi) is 7.59. The summed E-state index contributed by atoms with van der Waals surface area (Å²) in [6.45, 7) is 2.08. The number of nitrogens with zero attached hydrogens (tertiary/aromatic N) is 1. The Bertz CT molecular complexity index is 1040. The molecule has 1 saturated heterocycles. The van der Waals surface area contributed by atoms with E-state index in [1.165, 1.54) is 12.8 Å². The van der Waals surface area contributed by atoms with Gasteiger partial charge < -0.3 is 20.3 Å². The number of likely N-dealkylation sites (tertiary alicyclic amines) is 1. The van der Waals surface area contributed by atoms with Crippen molar-refractivity contribution in [3.05, 3.63) is 90.0 Å². The molecular weight excluding hydrogens is 414 g/mol. The Morgan fingerprint density at radius 3 is 1.97 bits per heavy atom. The lowest BCUT2D eigenvalue weighted by molar-refractivity contribution is 0.102. The number of benzene rings is 3. The number of carbonyl (C=O) groups excluding carboxylic acids is 2. The standard InChI is InChI=1S/C27H29N3O3/c31-26(22-10-16-25(17-11-22)33-20-21-8-4-3-5-9-21)28-23-12-14-24(15-13-23)29-27(32)30-18-6-1-2-7-19-30/h3-5,8-17H,1-2,6-7,18-20H2,(H,28,31)(H,29,32). The molecule has 170 valence electrons. The third-order valence-electron chi connectivity index (χ3n) is 5.65. The summed E-state index contributed by atoms with van der Waals surface area (Å²) in [5.74, 6) is 0.505. The van der Waals surface area contributed by atoms with E-state index >= 15 is 0 Å². The van der Waals surface area contributed by atoms with Gasteiger partial charge in [0.1, 0.15) is 12.4 Å². The van der Waals surface area contributed by atoms with Gasteiger partial charge in [0, 0.05) is 30.0 Å². The van der Waals surface area contributed by atoms with E-state index in [0.29, 0.717) is 29.3 Å². The molecule has 0 bridgehead atoms. The highest BCUT2D eigenvalue weighted by molar-refractivity contribution is 6.04. The molecule has 1 aliphatic heterocycles. The molecule has 4 rings (SSSR count). The third kappa shape index (κ3) is 6.59. The van der Waals surface area contributed by atoms with Crippen molar-refractivity contribution < 1.29 is 14.3 Å². The van der Waals surface area contributed by atoms with E-state index in [4.69, 9.17) is 4.74 Å². The fraction of sp³-hybridized carbons (Fsp3) is 0.259. The molecule has 0 radical (unpaired) electrons. The Morgan fingerprint density at radius 1 is 0.727 bits per heavy atom. The van der Waals surface area contributed by atoms with E-state index in [1.54, 1.807) is 48.5 Å². The van der Waals surface area contributed by atoms with Crippen molar-refractivity contribution >= 4 is 23.3 Å². The predicted octanol–water partition coefficient (Wildman–Crippen LogP) is 5.93. The van der Waals surface area contributed by atoms with Crippen LogP contribution in [0.3, 0.4) is 0 Å². The Balaban J connectivity index is 1.27. The van der Waals surface area contributed by atoms with E-state index < -0.39 is 0 Å². The predicted molar refractivity (Wildman–Crippen MR) is 131 cm³/mol. The number of urea groups is 1. The van der Waals surface area contributed by atoms with Gasteiger partial charge in [0.25, 0.3) is 5.91 Å². The van der Waals surface area contributed by atoms with Crippen molar-refractivity contribution in [1.29, 1.82) is 0 Å². The van der Waals surface area contributed by atoms with Crippen LogP contribution < -0.4 is 15.4 Å². The summed E-state index contributed by atoms with van der Waals surface area (Å²) in [6, 6.07) is 24.1. The minimum absolute atomic E-state index is 0.0664. The van der Waals surface area contributed by atoms with E-state index in [1.807, 2.05) is 35.2 Å². The number of anilines is 2. The zero-order valence-electron chi connectivity index (χ0n) is 18.6. The highest BCUT2D eigenvalue weighted by Crippen LogP contribution is 2.18. The normalized spacial score (nSPS) is 13.6. The van der Waals surface area contributed by atoms with Crippen molar-refractivity contribution in [2.24, 2.45) is 0 Å². The molecule has 6 heteroatoms. The Labute approximate surface area is 194 Å². The number of ether oxygens (including phenoxy) is 1. The van der Waals surface area contributed by atoms with E-state index in [2.05, 4.69) is 10.6 Å². The summed E-state index contributed by atoms with van der Waals surface area (Å²) < 4.78 is 5.77. The highest BCUT2D eigenvalue weighted by atomic mass is 16.5. The van der Waals surface area contributed by atoms with Crippen LogP contribution in [0.25, 0.3) is 0 Å². The fourth-order valence-corrected chi connectivity index (χ4v) is 3.76. The van der Waals surface area contributed by atoms with Gasteiger partial charge in [-0.05, 0) is 66.9 Å². The minimum atomic E-state index is -0.203. The molecule has 33 heavy (non-hydrogen) atoms. The lowest BCUT2D eigenvalue weighted by Crippen LogP contribution is -2.35. The summed E-state index contributed by atoms with van der Waals surface area (Å²) in [7, 11) is 0. The first-order valence-corrected chi connectivity index (χ1v) is 11.4. The SMILES string of the molecule is O=C(Nc1ccc(NC(=O)N2CCCCCC2)cc1)c1ccc(OCc2ccccc2)cc1. The minimum Gasteiger partial charge on any atom is -0.489 e. The van der Waals surface area contributed by atoms with Gasteiger partial charge in [-0.25, -0.2) is 4.79 Å². The first-order chi connectivity index (χ1) is 16.2. The Hall–Kier alpha value is -3.80. The molecule has 0 aliphatic carbocycles. The number of carbonyl (C=O) groups is 2. The first kappa shape index (κ1) is 22.4. The molecule has 3 amide bonds. The molecule has 3 aromatic carbocycles. The monoisotopic (exact) mass is 443 g/mol. The number of amides is 3. The van der Waals surface area contributed by atoms with Gasteiger partial charge in [0.15, 0.2) is 0 Å². The van der Waals surface area contributed by atoms with Gasteiger partial charge in [-0.15, -0.1) is 0 Å². The van der Waals surface area contributed by atoms with Crippen LogP contribution >= 0.6 is 0 Å². The van der Waals surface area contributed by atoms with E-state index in [0.717, 1.165) is 31.5 Å². The van der Waals surface area contributed by atoms with Crippen LogP contribution in [-0.2, 0) is 6.61 Å². The topological polar surface area (TPSA) is 70.7 Å². The molecule has 2 N–H and O–H groups in total. The summed E-state index contributed by atoms with van der Waals surface area (Å²) in [5, 5.41) is 5.83. The van der Waals surface area contributed by atoms with Crippen LogP contribution in [0.15, 0.2) is 78.9 Å². The van der Waals surface area contributed by atoms with Crippen LogP contribution in [0.2, 0.25) is 0 Å². The van der Waals surface area contributed by atoms with Crippen molar-refractivity contribution in [3.63, 3.8) is 0 Å². The average Bonchev–Trinajstić information content (AvgIpc) is 3.15. The van der Waals surface area contributed by atoms with Gasteiger partial charge in [-0.1, -0.05) is 43.2 Å². The van der Waals surface area contributed by atoms with Crippen LogP contribution in [0.1, 0.15) is 41.6 Å². The van der Waals surface area contributed by atoms with Crippen molar-refractivity contribution in [1.82, 2.24) is 4.90 Å². The van der Waals surface area contributed by atoms with Crippen LogP contribution in [0, 0.1) is 0 Å². The van der Waals surface area contributed by atoms with Crippen molar-refractivity contribution in [2.45, 2.75) is 32.3 Å². The number of hydrogen-bond donors (Lipinski definition) is 2. The van der Waals surface area contributed by atoms with Gasteiger partial charge in [-0.3, -0.25) is 4.79 Å². The number of hydrogen-bond acceptors (Lipinski definition) is 3. The molecule has 6 nitrogen and oxygen atoms in total. The highest BCUT2D eigenvalue weighted by Gasteiger charge is 2.15. The fourth-order valence-electron chi connectivity index (χ4n) is 3.76. The number of nitrogens with one attached hydrogen (secondary N) is 2. The van der Waals surface area contributed by atoms with Gasteiger partial charge in [0.05, 0.1) is 0 Å². The maximum absolute atomic E-state index is 12.6. The molecule has 0 atom stereocenters. The molecule has 0 saturated carbocycles. The smallest absolute Gasteiger partial charge is 0.321 e. The van der Waals surface area contributed by atoms with Crippen LogP contribution in [0.4, 0.5) is 16.2 Å². The second-order valence-corrected chi connectivity index (χ2v) is 8.16. The van der Waals surface area contributed by atoms with Gasteiger partial charge >= 0.3 is 6.03 Å². The molecule has 0 spiro atoms. The largest absolute Gasteiger partial charge is 0.489 e. The van der Waals surface area contributed by atoms with Gasteiger partial charge in [0.2, 0.25) is 0 Å². The van der Waals surface area contributed by atoms with Crippen molar-refractivity contribution in [2.75, 3.05) is 23.7 Å². The molecule has 1 heterocycles. The van der Waals surface area contributed by atoms with E-state index in [9.17, 15) is 9.59 Å². The second kappa shape index (κ2) is 11.2. The summed E-state index contributed by atoms with van der Waals surface area (Å²) in [4.78, 5) is 26.9. The molecule has 1 aliphatic rings. The maximum atomic E-state index is 12.6. The molecule has 0 unspecified atom stereocenters. The van der Waals surface area contributed by atoms with Gasteiger partial charge in [-0.2, -0.15) is 0 Å². The zero-order valence-corrected chi connectivity index (χ0v) is 18.6. The molecular formula is C27H29N3O3. The quantitative estimate of drug-likeness (QED) is 0.496. The first-order valence-electron chi connectivity index (χ1n) is 11.4. The zero-order chi connectivity index (χ0) is 22.9. The molecule has 3 aromatic rings. The molecule has 0 aromatic heterocycles. The summed E-state index contributed by atoms with van der Waals surface area (Å²) >= 11 is 0. The van der Waals surface area contributed by atoms with Crippen molar-refractivity contribution in [3.8, 4) is 5.75 Å². The lowest BCUT2D eigenvalue weighted by atomic mass is 10.2. The van der Waals surface area contributed by atoms with Crippen LogP contribution in [0.5, 0.6) is 5.75 Å².